The van der Waals surface area contributed by atoms with Crippen LogP contribution in [0.4, 0.5) is 0 Å². The minimum Gasteiger partial charge on any atom is -0.497 e. The summed E-state index contributed by atoms with van der Waals surface area (Å²) in [5, 5.41) is 0. The van der Waals surface area contributed by atoms with Gasteiger partial charge in [-0.1, -0.05) is 24.3 Å². The third-order valence-corrected chi connectivity index (χ3v) is 3.70. The van der Waals surface area contributed by atoms with Crippen LogP contribution in [0, 0.1) is 0 Å². The van der Waals surface area contributed by atoms with Gasteiger partial charge < -0.3 is 15.2 Å². The van der Waals surface area contributed by atoms with E-state index in [1.165, 1.54) is 18.4 Å². The summed E-state index contributed by atoms with van der Waals surface area (Å²) < 4.78 is 11.1. The highest BCUT2D eigenvalue weighted by Crippen LogP contribution is 2.28. The van der Waals surface area contributed by atoms with Gasteiger partial charge >= 0.3 is 0 Å². The molecule has 0 bridgehead atoms. The van der Waals surface area contributed by atoms with Gasteiger partial charge in [-0.3, -0.25) is 0 Å². The standard InChI is InChI=1S/C18H21NO2/c1-20-16-6-2-4-13(10-16)11-18(19)14-5-3-7-17(12-14)21-15-8-9-15/h2-7,10,12,15,18H,8-9,11,19H2,1H3. The fraction of sp³-hybridized carbons (Fsp3) is 0.333. The first-order valence-corrected chi connectivity index (χ1v) is 7.40. The average molecular weight is 283 g/mol. The van der Waals surface area contributed by atoms with Crippen LogP contribution in [0.1, 0.15) is 30.0 Å². The zero-order valence-electron chi connectivity index (χ0n) is 12.3. The number of benzene rings is 2. The summed E-state index contributed by atoms with van der Waals surface area (Å²) in [6.07, 6.45) is 3.53. The molecule has 110 valence electrons. The molecule has 0 saturated heterocycles. The molecule has 1 aliphatic carbocycles. The number of hydrogen-bond acceptors (Lipinski definition) is 3. The molecule has 0 radical (unpaired) electrons. The first kappa shape index (κ1) is 14.0. The van der Waals surface area contributed by atoms with Gasteiger partial charge in [0.2, 0.25) is 0 Å². The minimum atomic E-state index is -0.0418. The van der Waals surface area contributed by atoms with E-state index < -0.39 is 0 Å². The summed E-state index contributed by atoms with van der Waals surface area (Å²) in [5.74, 6) is 1.79. The van der Waals surface area contributed by atoms with Crippen molar-refractivity contribution < 1.29 is 9.47 Å². The summed E-state index contributed by atoms with van der Waals surface area (Å²) in [7, 11) is 1.68. The Kier molecular flexibility index (Phi) is 4.11. The lowest BCUT2D eigenvalue weighted by Gasteiger charge is -2.14. The summed E-state index contributed by atoms with van der Waals surface area (Å²) in [4.78, 5) is 0. The largest absolute Gasteiger partial charge is 0.497 e. The number of hydrogen-bond donors (Lipinski definition) is 1. The van der Waals surface area contributed by atoms with Gasteiger partial charge in [-0.05, 0) is 54.7 Å². The smallest absolute Gasteiger partial charge is 0.120 e. The van der Waals surface area contributed by atoms with Crippen molar-refractivity contribution in [3.05, 3.63) is 59.7 Å². The van der Waals surface area contributed by atoms with Gasteiger partial charge in [-0.2, -0.15) is 0 Å². The van der Waals surface area contributed by atoms with Crippen molar-refractivity contribution in [2.45, 2.75) is 31.4 Å². The van der Waals surface area contributed by atoms with Gasteiger partial charge in [-0.15, -0.1) is 0 Å². The Morgan fingerprint density at radius 1 is 1.10 bits per heavy atom. The van der Waals surface area contributed by atoms with Crippen LogP contribution in [0.5, 0.6) is 11.5 Å². The summed E-state index contributed by atoms with van der Waals surface area (Å²) in [5.41, 5.74) is 8.62. The molecule has 0 amide bonds. The van der Waals surface area contributed by atoms with Gasteiger partial charge in [0, 0.05) is 6.04 Å². The molecule has 1 aliphatic rings. The maximum Gasteiger partial charge on any atom is 0.120 e. The monoisotopic (exact) mass is 283 g/mol. The molecule has 2 N–H and O–H groups in total. The van der Waals surface area contributed by atoms with Crippen LogP contribution in [0.2, 0.25) is 0 Å². The Labute approximate surface area is 125 Å². The summed E-state index contributed by atoms with van der Waals surface area (Å²) in [6.45, 7) is 0. The van der Waals surface area contributed by atoms with Crippen LogP contribution in [0.15, 0.2) is 48.5 Å². The van der Waals surface area contributed by atoms with E-state index >= 15 is 0 Å². The second kappa shape index (κ2) is 6.19. The van der Waals surface area contributed by atoms with Crippen molar-refractivity contribution in [3.8, 4) is 11.5 Å². The minimum absolute atomic E-state index is 0.0418. The fourth-order valence-corrected chi connectivity index (χ4v) is 2.37. The molecule has 21 heavy (non-hydrogen) atoms. The van der Waals surface area contributed by atoms with Gasteiger partial charge in [0.05, 0.1) is 13.2 Å². The van der Waals surface area contributed by atoms with Crippen LogP contribution in [-0.2, 0) is 6.42 Å². The second-order valence-corrected chi connectivity index (χ2v) is 5.55. The number of rotatable bonds is 6. The van der Waals surface area contributed by atoms with Crippen molar-refractivity contribution in [3.63, 3.8) is 0 Å². The maximum atomic E-state index is 6.34. The van der Waals surface area contributed by atoms with Gasteiger partial charge in [0.15, 0.2) is 0 Å². The molecule has 0 aliphatic heterocycles. The zero-order chi connectivity index (χ0) is 14.7. The SMILES string of the molecule is COc1cccc(CC(N)c2cccc(OC3CC3)c2)c1. The van der Waals surface area contributed by atoms with Crippen molar-refractivity contribution in [1.29, 1.82) is 0 Å². The third kappa shape index (κ3) is 3.76. The average Bonchev–Trinajstić information content (AvgIpc) is 3.31. The quantitative estimate of drug-likeness (QED) is 0.882. The first-order chi connectivity index (χ1) is 10.2. The lowest BCUT2D eigenvalue weighted by atomic mass is 9.99. The van der Waals surface area contributed by atoms with Gasteiger partial charge in [0.1, 0.15) is 11.5 Å². The summed E-state index contributed by atoms with van der Waals surface area (Å²) in [6, 6.07) is 16.1. The van der Waals surface area contributed by atoms with Crippen molar-refractivity contribution >= 4 is 0 Å². The van der Waals surface area contributed by atoms with E-state index in [0.717, 1.165) is 23.5 Å². The Hall–Kier alpha value is -2.00. The predicted molar refractivity (Wildman–Crippen MR) is 83.7 cm³/mol. The van der Waals surface area contributed by atoms with Crippen LogP contribution in [0.25, 0.3) is 0 Å². The lowest BCUT2D eigenvalue weighted by molar-refractivity contribution is 0.302. The van der Waals surface area contributed by atoms with Crippen molar-refractivity contribution in [2.24, 2.45) is 5.73 Å². The van der Waals surface area contributed by atoms with Crippen LogP contribution in [0.3, 0.4) is 0 Å². The molecule has 2 aromatic rings. The molecule has 1 unspecified atom stereocenters. The first-order valence-electron chi connectivity index (χ1n) is 7.40. The molecule has 2 aromatic carbocycles. The number of nitrogens with two attached hydrogens (primary N) is 1. The number of methoxy groups -OCH3 is 1. The van der Waals surface area contributed by atoms with E-state index in [-0.39, 0.29) is 6.04 Å². The highest BCUT2D eigenvalue weighted by Gasteiger charge is 2.23. The molecule has 1 atom stereocenters. The molecule has 1 fully saturated rings. The van der Waals surface area contributed by atoms with E-state index in [9.17, 15) is 0 Å². The Balaban J connectivity index is 1.70. The molecule has 3 heteroatoms. The normalized spacial score (nSPS) is 15.5. The molecule has 3 nitrogen and oxygen atoms in total. The Bertz CT molecular complexity index is 608. The van der Waals surface area contributed by atoms with Crippen LogP contribution < -0.4 is 15.2 Å². The predicted octanol–water partition coefficient (Wildman–Crippen LogP) is 3.48. The molecular formula is C18H21NO2. The van der Waals surface area contributed by atoms with E-state index in [0.29, 0.717) is 6.10 Å². The maximum absolute atomic E-state index is 6.34. The summed E-state index contributed by atoms with van der Waals surface area (Å²) >= 11 is 0. The zero-order valence-corrected chi connectivity index (χ0v) is 12.3. The van der Waals surface area contributed by atoms with E-state index in [4.69, 9.17) is 15.2 Å². The van der Waals surface area contributed by atoms with Crippen LogP contribution in [-0.4, -0.2) is 13.2 Å². The van der Waals surface area contributed by atoms with E-state index in [2.05, 4.69) is 18.2 Å². The third-order valence-electron chi connectivity index (χ3n) is 3.70. The Morgan fingerprint density at radius 3 is 2.62 bits per heavy atom. The van der Waals surface area contributed by atoms with Crippen molar-refractivity contribution in [1.82, 2.24) is 0 Å². The highest BCUT2D eigenvalue weighted by atomic mass is 16.5. The van der Waals surface area contributed by atoms with E-state index in [1.807, 2.05) is 30.3 Å². The van der Waals surface area contributed by atoms with Crippen LogP contribution >= 0.6 is 0 Å². The number of ether oxygens (including phenoxy) is 2. The lowest BCUT2D eigenvalue weighted by Crippen LogP contribution is -2.13. The van der Waals surface area contributed by atoms with E-state index in [1.54, 1.807) is 7.11 Å². The molecule has 0 heterocycles. The molecule has 0 aromatic heterocycles. The Morgan fingerprint density at radius 2 is 1.86 bits per heavy atom. The highest BCUT2D eigenvalue weighted by molar-refractivity contribution is 5.34. The van der Waals surface area contributed by atoms with Gasteiger partial charge in [-0.25, -0.2) is 0 Å². The molecule has 1 saturated carbocycles. The fourth-order valence-electron chi connectivity index (χ4n) is 2.37. The topological polar surface area (TPSA) is 44.5 Å². The molecule has 3 rings (SSSR count). The molecule has 0 spiro atoms. The van der Waals surface area contributed by atoms with Crippen molar-refractivity contribution in [2.75, 3.05) is 7.11 Å². The van der Waals surface area contributed by atoms with Gasteiger partial charge in [0.25, 0.3) is 0 Å². The second-order valence-electron chi connectivity index (χ2n) is 5.55. The molecular weight excluding hydrogens is 262 g/mol.